The Balaban J connectivity index is 1.89. The standard InChI is InChI=1S/C19H19NO7/c1-26-18(24)11-6-12(19(25)27-2)8-13(7-11)20-16(21)14-9-3-4-10(5-9)15(14)17(22)23/h3-4,6-10,14-15H,5H2,1-2H3,(H,20,21)(H,22,23)/t9-,10+,14+,15+/m1/s1. The van der Waals surface area contributed by atoms with E-state index < -0.39 is 35.7 Å². The maximum absolute atomic E-state index is 12.8. The van der Waals surface area contributed by atoms with E-state index in [-0.39, 0.29) is 28.7 Å². The number of methoxy groups -OCH3 is 2. The van der Waals surface area contributed by atoms with Gasteiger partial charge in [0.25, 0.3) is 0 Å². The highest BCUT2D eigenvalue weighted by molar-refractivity contribution is 6.01. The number of fused-ring (bicyclic) bond motifs is 2. The summed E-state index contributed by atoms with van der Waals surface area (Å²) < 4.78 is 9.33. The molecule has 0 unspecified atom stereocenters. The van der Waals surface area contributed by atoms with Gasteiger partial charge in [-0.25, -0.2) is 9.59 Å². The second-order valence-corrected chi connectivity index (χ2v) is 6.61. The van der Waals surface area contributed by atoms with Gasteiger partial charge < -0.3 is 19.9 Å². The van der Waals surface area contributed by atoms with E-state index in [0.717, 1.165) is 0 Å². The number of ether oxygens (including phenoxy) is 2. The minimum Gasteiger partial charge on any atom is -0.481 e. The normalized spacial score (nSPS) is 25.1. The summed E-state index contributed by atoms with van der Waals surface area (Å²) in [6, 6.07) is 4.04. The summed E-state index contributed by atoms with van der Waals surface area (Å²) in [5.41, 5.74) is 0.329. The van der Waals surface area contributed by atoms with Crippen molar-refractivity contribution >= 4 is 29.5 Å². The number of anilines is 1. The molecular formula is C19H19NO7. The molecule has 4 atom stereocenters. The number of carbonyl (C=O) groups is 4. The summed E-state index contributed by atoms with van der Waals surface area (Å²) in [7, 11) is 2.40. The maximum atomic E-state index is 12.8. The lowest BCUT2D eigenvalue weighted by molar-refractivity contribution is -0.146. The molecule has 0 aromatic heterocycles. The number of aliphatic carboxylic acids is 1. The van der Waals surface area contributed by atoms with Crippen LogP contribution in [0.5, 0.6) is 0 Å². The summed E-state index contributed by atoms with van der Waals surface area (Å²) >= 11 is 0. The van der Waals surface area contributed by atoms with Crippen molar-refractivity contribution in [3.63, 3.8) is 0 Å². The lowest BCUT2D eigenvalue weighted by Gasteiger charge is -2.24. The van der Waals surface area contributed by atoms with Crippen LogP contribution in [0.15, 0.2) is 30.4 Å². The molecule has 1 amide bonds. The summed E-state index contributed by atoms with van der Waals surface area (Å²) in [5, 5.41) is 12.1. The van der Waals surface area contributed by atoms with Crippen LogP contribution in [0.25, 0.3) is 0 Å². The van der Waals surface area contributed by atoms with E-state index in [1.54, 1.807) is 0 Å². The molecule has 2 aliphatic rings. The number of benzene rings is 1. The monoisotopic (exact) mass is 373 g/mol. The second-order valence-electron chi connectivity index (χ2n) is 6.61. The molecule has 0 radical (unpaired) electrons. The molecular weight excluding hydrogens is 354 g/mol. The molecule has 1 saturated carbocycles. The highest BCUT2D eigenvalue weighted by Gasteiger charge is 2.51. The molecule has 0 heterocycles. The molecule has 3 rings (SSSR count). The van der Waals surface area contributed by atoms with Crippen molar-refractivity contribution < 1.29 is 33.8 Å². The second kappa shape index (κ2) is 7.22. The lowest BCUT2D eigenvalue weighted by Crippen LogP contribution is -2.36. The van der Waals surface area contributed by atoms with Gasteiger partial charge in [0.05, 0.1) is 37.2 Å². The first-order valence-electron chi connectivity index (χ1n) is 8.39. The van der Waals surface area contributed by atoms with E-state index in [9.17, 15) is 24.3 Å². The van der Waals surface area contributed by atoms with Gasteiger partial charge in [0.2, 0.25) is 5.91 Å². The SMILES string of the molecule is COC(=O)c1cc(NC(=O)[C@@H]2[C@@H](C(=O)O)[C@H]3C=C[C@@H]2C3)cc(C(=O)OC)c1. The number of carbonyl (C=O) groups excluding carboxylic acids is 3. The van der Waals surface area contributed by atoms with Gasteiger partial charge in [-0.1, -0.05) is 12.2 Å². The summed E-state index contributed by atoms with van der Waals surface area (Å²) in [5.74, 6) is -4.62. The van der Waals surface area contributed by atoms with Gasteiger partial charge in [-0.15, -0.1) is 0 Å². The van der Waals surface area contributed by atoms with Gasteiger partial charge >= 0.3 is 17.9 Å². The zero-order chi connectivity index (χ0) is 19.7. The fourth-order valence-electron chi connectivity index (χ4n) is 3.91. The topological polar surface area (TPSA) is 119 Å². The zero-order valence-electron chi connectivity index (χ0n) is 14.8. The Bertz CT molecular complexity index is 810. The Labute approximate surface area is 155 Å². The summed E-state index contributed by atoms with van der Waals surface area (Å²) in [6.07, 6.45) is 4.35. The predicted molar refractivity (Wildman–Crippen MR) is 93.1 cm³/mol. The molecule has 0 saturated heterocycles. The van der Waals surface area contributed by atoms with Gasteiger partial charge in [0.1, 0.15) is 0 Å². The summed E-state index contributed by atoms with van der Waals surface area (Å²) in [6.45, 7) is 0. The van der Waals surface area contributed by atoms with Gasteiger partial charge in [0, 0.05) is 5.69 Å². The van der Waals surface area contributed by atoms with E-state index >= 15 is 0 Å². The minimum absolute atomic E-state index is 0.0679. The average molecular weight is 373 g/mol. The fraction of sp³-hybridized carbons (Fsp3) is 0.368. The number of rotatable bonds is 5. The molecule has 8 heteroatoms. The molecule has 27 heavy (non-hydrogen) atoms. The molecule has 1 aromatic rings. The first-order valence-corrected chi connectivity index (χ1v) is 8.39. The Hall–Kier alpha value is -3.16. The first kappa shape index (κ1) is 18.6. The average Bonchev–Trinajstić information content (AvgIpc) is 3.27. The number of hydrogen-bond acceptors (Lipinski definition) is 6. The Morgan fingerprint density at radius 2 is 1.44 bits per heavy atom. The fourth-order valence-corrected chi connectivity index (χ4v) is 3.91. The van der Waals surface area contributed by atoms with Crippen molar-refractivity contribution in [2.24, 2.45) is 23.7 Å². The van der Waals surface area contributed by atoms with Crippen LogP contribution in [-0.4, -0.2) is 43.1 Å². The highest BCUT2D eigenvalue weighted by Crippen LogP contribution is 2.48. The van der Waals surface area contributed by atoms with Crippen molar-refractivity contribution in [2.75, 3.05) is 19.5 Å². The predicted octanol–water partition coefficient (Wildman–Crippen LogP) is 1.72. The van der Waals surface area contributed by atoms with Gasteiger partial charge in [0.15, 0.2) is 0 Å². The number of allylic oxidation sites excluding steroid dienone is 2. The molecule has 8 nitrogen and oxygen atoms in total. The smallest absolute Gasteiger partial charge is 0.337 e. The minimum atomic E-state index is -1.01. The molecule has 2 bridgehead atoms. The number of carboxylic acid groups (broad SMARTS) is 1. The van der Waals surface area contributed by atoms with Crippen molar-refractivity contribution in [1.82, 2.24) is 0 Å². The Morgan fingerprint density at radius 1 is 0.926 bits per heavy atom. The lowest BCUT2D eigenvalue weighted by atomic mass is 9.82. The van der Waals surface area contributed by atoms with E-state index in [1.165, 1.54) is 32.4 Å². The Kier molecular flexibility index (Phi) is 4.98. The number of esters is 2. The van der Waals surface area contributed by atoms with E-state index in [1.807, 2.05) is 12.2 Å². The Morgan fingerprint density at radius 3 is 1.93 bits per heavy atom. The highest BCUT2D eigenvalue weighted by atomic mass is 16.5. The quantitative estimate of drug-likeness (QED) is 0.596. The van der Waals surface area contributed by atoms with E-state index in [2.05, 4.69) is 14.8 Å². The number of amides is 1. The van der Waals surface area contributed by atoms with Crippen LogP contribution >= 0.6 is 0 Å². The van der Waals surface area contributed by atoms with E-state index in [0.29, 0.717) is 6.42 Å². The van der Waals surface area contributed by atoms with Crippen LogP contribution in [0, 0.1) is 23.7 Å². The van der Waals surface area contributed by atoms with Crippen LogP contribution in [0.2, 0.25) is 0 Å². The number of carboxylic acids is 1. The van der Waals surface area contributed by atoms with Crippen molar-refractivity contribution in [3.8, 4) is 0 Å². The van der Waals surface area contributed by atoms with Crippen LogP contribution in [0.4, 0.5) is 5.69 Å². The molecule has 142 valence electrons. The van der Waals surface area contributed by atoms with Crippen LogP contribution in [-0.2, 0) is 19.1 Å². The van der Waals surface area contributed by atoms with Crippen molar-refractivity contribution in [3.05, 3.63) is 41.5 Å². The van der Waals surface area contributed by atoms with Crippen LogP contribution in [0.1, 0.15) is 27.1 Å². The van der Waals surface area contributed by atoms with Gasteiger partial charge in [-0.3, -0.25) is 9.59 Å². The molecule has 1 aromatic carbocycles. The van der Waals surface area contributed by atoms with Gasteiger partial charge in [-0.2, -0.15) is 0 Å². The van der Waals surface area contributed by atoms with Crippen molar-refractivity contribution in [1.29, 1.82) is 0 Å². The molecule has 0 aliphatic heterocycles. The molecule has 2 aliphatic carbocycles. The third kappa shape index (κ3) is 3.42. The molecule has 2 N–H and O–H groups in total. The van der Waals surface area contributed by atoms with Crippen LogP contribution in [0.3, 0.4) is 0 Å². The van der Waals surface area contributed by atoms with Crippen LogP contribution < -0.4 is 5.32 Å². The van der Waals surface area contributed by atoms with Crippen molar-refractivity contribution in [2.45, 2.75) is 6.42 Å². The number of nitrogens with one attached hydrogen (secondary N) is 1. The number of hydrogen-bond donors (Lipinski definition) is 2. The largest absolute Gasteiger partial charge is 0.481 e. The van der Waals surface area contributed by atoms with E-state index in [4.69, 9.17) is 0 Å². The third-order valence-corrected chi connectivity index (χ3v) is 5.09. The third-order valence-electron chi connectivity index (χ3n) is 5.09. The molecule has 1 fully saturated rings. The summed E-state index contributed by atoms with van der Waals surface area (Å²) in [4.78, 5) is 48.1. The first-order chi connectivity index (χ1) is 12.8. The zero-order valence-corrected chi connectivity index (χ0v) is 14.8. The maximum Gasteiger partial charge on any atom is 0.337 e. The molecule has 0 spiro atoms. The van der Waals surface area contributed by atoms with Gasteiger partial charge in [-0.05, 0) is 36.5 Å².